The maximum atomic E-state index is 6.75. The molecule has 5 rings (SSSR count). The number of nitrogens with two attached hydrogens (primary N) is 1. The highest BCUT2D eigenvalue weighted by atomic mass is 32.1. The summed E-state index contributed by atoms with van der Waals surface area (Å²) in [6, 6.07) is 16.6. The predicted octanol–water partition coefficient (Wildman–Crippen LogP) is 4.87. The van der Waals surface area contributed by atoms with E-state index in [-0.39, 0.29) is 12.1 Å². The lowest BCUT2D eigenvalue weighted by Gasteiger charge is -2.37. The minimum atomic E-state index is -0.226. The number of pyridine rings is 1. The molecule has 1 aliphatic rings. The molecular weight excluding hydrogens is 352 g/mol. The summed E-state index contributed by atoms with van der Waals surface area (Å²) in [6.45, 7) is 0. The molecule has 4 aromatic rings. The third kappa shape index (κ3) is 2.67. The molecule has 3 aromatic heterocycles. The standard InChI is InChI=1S/C22H20N4S/c1-25-11-7-15-14-16(5-6-19(15)25)26-12-8-20-17(9-13-27-20)22(26)21(23)18-4-2-3-10-24-18/h2-14,21-22H,23H2,1H3. The van der Waals surface area contributed by atoms with Crippen LogP contribution >= 0.6 is 11.3 Å². The number of hydrogen-bond acceptors (Lipinski definition) is 4. The lowest BCUT2D eigenvalue weighted by molar-refractivity contribution is 0.544. The Morgan fingerprint density at radius 2 is 2.07 bits per heavy atom. The van der Waals surface area contributed by atoms with Crippen LogP contribution in [0.4, 0.5) is 5.69 Å². The van der Waals surface area contributed by atoms with Gasteiger partial charge in [0.05, 0.1) is 17.8 Å². The summed E-state index contributed by atoms with van der Waals surface area (Å²) in [5.74, 6) is 0. The number of nitrogens with zero attached hydrogens (tertiary/aromatic N) is 3. The molecule has 0 amide bonds. The van der Waals surface area contributed by atoms with E-state index in [0.29, 0.717) is 0 Å². The summed E-state index contributed by atoms with van der Waals surface area (Å²) in [5, 5.41) is 3.36. The van der Waals surface area contributed by atoms with Gasteiger partial charge in [0, 0.05) is 47.1 Å². The van der Waals surface area contributed by atoms with Crippen molar-refractivity contribution in [1.29, 1.82) is 0 Å². The zero-order valence-corrected chi connectivity index (χ0v) is 15.8. The van der Waals surface area contributed by atoms with Gasteiger partial charge in [-0.05, 0) is 59.5 Å². The average Bonchev–Trinajstić information content (AvgIpc) is 3.34. The maximum absolute atomic E-state index is 6.75. The van der Waals surface area contributed by atoms with E-state index in [4.69, 9.17) is 5.73 Å². The van der Waals surface area contributed by atoms with Crippen molar-refractivity contribution in [1.82, 2.24) is 9.55 Å². The van der Waals surface area contributed by atoms with Crippen LogP contribution in [-0.2, 0) is 7.05 Å². The molecule has 4 nitrogen and oxygen atoms in total. The number of aryl methyl sites for hydroxylation is 1. The Morgan fingerprint density at radius 3 is 2.93 bits per heavy atom. The molecule has 27 heavy (non-hydrogen) atoms. The molecular formula is C22H20N4S. The lowest BCUT2D eigenvalue weighted by atomic mass is 9.93. The fraction of sp³-hybridized carbons (Fsp3) is 0.136. The zero-order chi connectivity index (χ0) is 18.4. The number of thiophene rings is 1. The van der Waals surface area contributed by atoms with Gasteiger partial charge in [-0.1, -0.05) is 6.07 Å². The molecule has 0 radical (unpaired) electrons. The van der Waals surface area contributed by atoms with Crippen LogP contribution in [0.2, 0.25) is 0 Å². The molecule has 1 aliphatic heterocycles. The highest BCUT2D eigenvalue weighted by Gasteiger charge is 2.32. The van der Waals surface area contributed by atoms with Crippen LogP contribution in [0.5, 0.6) is 0 Å². The summed E-state index contributed by atoms with van der Waals surface area (Å²) in [5.41, 5.74) is 11.3. The van der Waals surface area contributed by atoms with Crippen molar-refractivity contribution < 1.29 is 0 Å². The molecule has 2 atom stereocenters. The number of rotatable bonds is 3. The Balaban J connectivity index is 1.62. The molecule has 0 spiro atoms. The van der Waals surface area contributed by atoms with Gasteiger partial charge in [0.1, 0.15) is 0 Å². The predicted molar refractivity (Wildman–Crippen MR) is 113 cm³/mol. The number of aromatic nitrogens is 2. The van der Waals surface area contributed by atoms with Crippen molar-refractivity contribution in [3.8, 4) is 0 Å². The number of hydrogen-bond donors (Lipinski definition) is 1. The summed E-state index contributed by atoms with van der Waals surface area (Å²) in [4.78, 5) is 8.06. The van der Waals surface area contributed by atoms with Gasteiger partial charge < -0.3 is 15.2 Å². The van der Waals surface area contributed by atoms with E-state index < -0.39 is 0 Å². The molecule has 4 heterocycles. The van der Waals surface area contributed by atoms with Gasteiger partial charge >= 0.3 is 0 Å². The van der Waals surface area contributed by atoms with E-state index in [9.17, 15) is 0 Å². The lowest BCUT2D eigenvalue weighted by Crippen LogP contribution is -2.35. The van der Waals surface area contributed by atoms with Crippen LogP contribution < -0.4 is 10.6 Å². The molecule has 0 aliphatic carbocycles. The van der Waals surface area contributed by atoms with Crippen LogP contribution in [-0.4, -0.2) is 9.55 Å². The van der Waals surface area contributed by atoms with Crippen molar-refractivity contribution in [3.63, 3.8) is 0 Å². The van der Waals surface area contributed by atoms with Crippen LogP contribution in [0.25, 0.3) is 17.0 Å². The SMILES string of the molecule is Cn1ccc2cc(N3C=Cc4sccc4C3C(N)c3ccccn3)ccc21. The van der Waals surface area contributed by atoms with Gasteiger partial charge in [-0.15, -0.1) is 11.3 Å². The first kappa shape index (κ1) is 16.3. The first-order valence-electron chi connectivity index (χ1n) is 8.98. The van der Waals surface area contributed by atoms with Crippen molar-refractivity contribution in [2.24, 2.45) is 12.8 Å². The van der Waals surface area contributed by atoms with Crippen molar-refractivity contribution in [3.05, 3.63) is 88.6 Å². The van der Waals surface area contributed by atoms with E-state index >= 15 is 0 Å². The topological polar surface area (TPSA) is 47.1 Å². The average molecular weight is 372 g/mol. The molecule has 2 unspecified atom stereocenters. The van der Waals surface area contributed by atoms with E-state index in [1.807, 2.05) is 24.4 Å². The van der Waals surface area contributed by atoms with E-state index in [2.05, 4.69) is 75.7 Å². The molecule has 5 heteroatoms. The molecule has 0 bridgehead atoms. The van der Waals surface area contributed by atoms with E-state index in [0.717, 1.165) is 11.4 Å². The molecule has 1 aromatic carbocycles. The fourth-order valence-corrected chi connectivity index (χ4v) is 4.70. The van der Waals surface area contributed by atoms with Crippen LogP contribution in [0.1, 0.15) is 28.2 Å². The van der Waals surface area contributed by atoms with Gasteiger partial charge in [0.15, 0.2) is 0 Å². The molecule has 134 valence electrons. The maximum Gasteiger partial charge on any atom is 0.0807 e. The second kappa shape index (κ2) is 6.37. The normalized spacial score (nSPS) is 17.3. The third-order valence-electron chi connectivity index (χ3n) is 5.27. The summed E-state index contributed by atoms with van der Waals surface area (Å²) >= 11 is 1.75. The molecule has 0 fully saturated rings. The van der Waals surface area contributed by atoms with Gasteiger partial charge in [0.25, 0.3) is 0 Å². The van der Waals surface area contributed by atoms with Crippen molar-refractivity contribution >= 4 is 34.0 Å². The van der Waals surface area contributed by atoms with Crippen molar-refractivity contribution in [2.45, 2.75) is 12.1 Å². The molecule has 0 saturated carbocycles. The Hall–Kier alpha value is -2.89. The third-order valence-corrected chi connectivity index (χ3v) is 6.17. The van der Waals surface area contributed by atoms with E-state index in [1.165, 1.54) is 21.3 Å². The second-order valence-corrected chi connectivity index (χ2v) is 7.81. The summed E-state index contributed by atoms with van der Waals surface area (Å²) in [7, 11) is 2.07. The van der Waals surface area contributed by atoms with Gasteiger partial charge in [0.2, 0.25) is 0 Å². The fourth-order valence-electron chi connectivity index (χ4n) is 3.88. The van der Waals surface area contributed by atoms with Gasteiger partial charge in [-0.3, -0.25) is 4.98 Å². The Labute approximate surface area is 162 Å². The zero-order valence-electron chi connectivity index (χ0n) is 15.0. The Morgan fingerprint density at radius 1 is 1.15 bits per heavy atom. The number of fused-ring (bicyclic) bond motifs is 2. The summed E-state index contributed by atoms with van der Waals surface area (Å²) in [6.07, 6.45) is 8.23. The quantitative estimate of drug-likeness (QED) is 0.558. The van der Waals surface area contributed by atoms with Gasteiger partial charge in [-0.25, -0.2) is 0 Å². The monoisotopic (exact) mass is 372 g/mol. The highest BCUT2D eigenvalue weighted by Crippen LogP contribution is 2.42. The van der Waals surface area contributed by atoms with Crippen molar-refractivity contribution in [2.75, 3.05) is 4.90 Å². The highest BCUT2D eigenvalue weighted by molar-refractivity contribution is 7.11. The first-order chi connectivity index (χ1) is 13.2. The van der Waals surface area contributed by atoms with Crippen LogP contribution in [0, 0.1) is 0 Å². The Kier molecular flexibility index (Phi) is 3.85. The molecule has 0 saturated heterocycles. The summed E-state index contributed by atoms with van der Waals surface area (Å²) < 4.78 is 2.14. The van der Waals surface area contributed by atoms with Crippen LogP contribution in [0.3, 0.4) is 0 Å². The van der Waals surface area contributed by atoms with Gasteiger partial charge in [-0.2, -0.15) is 0 Å². The van der Waals surface area contributed by atoms with Crippen LogP contribution in [0.15, 0.2) is 72.5 Å². The van der Waals surface area contributed by atoms with E-state index in [1.54, 1.807) is 11.3 Å². The minimum absolute atomic E-state index is 0.00677. The second-order valence-electron chi connectivity index (χ2n) is 6.86. The number of benzene rings is 1. The molecule has 2 N–H and O–H groups in total. The first-order valence-corrected chi connectivity index (χ1v) is 9.86. The smallest absolute Gasteiger partial charge is 0.0807 e. The Bertz CT molecular complexity index is 1130. The minimum Gasteiger partial charge on any atom is -0.351 e. The number of anilines is 1. The largest absolute Gasteiger partial charge is 0.351 e.